The zero-order valence-corrected chi connectivity index (χ0v) is 13.8. The standard InChI is InChI=1S/C15H20FN5S/c1-15(2,3)13-19-14(22-20-13)18-10-6-8-21(9-10)12-11(16)5-4-7-17-12/h4-5,7,10H,6,8-9H2,1-3H3,(H,18,19,20). The van der Waals surface area contributed by atoms with Crippen LogP contribution in [0.25, 0.3) is 0 Å². The summed E-state index contributed by atoms with van der Waals surface area (Å²) in [5, 5.41) is 4.24. The van der Waals surface area contributed by atoms with Crippen molar-refractivity contribution in [3.8, 4) is 0 Å². The highest BCUT2D eigenvalue weighted by Gasteiger charge is 2.27. The molecular weight excluding hydrogens is 301 g/mol. The Labute approximate surface area is 133 Å². The molecule has 0 aromatic carbocycles. The molecule has 7 heteroatoms. The number of nitrogens with zero attached hydrogens (tertiary/aromatic N) is 4. The second-order valence-corrected chi connectivity index (χ2v) is 7.31. The van der Waals surface area contributed by atoms with Crippen LogP contribution in [0.4, 0.5) is 15.3 Å². The van der Waals surface area contributed by atoms with E-state index in [4.69, 9.17) is 0 Å². The fraction of sp³-hybridized carbons (Fsp3) is 0.533. The van der Waals surface area contributed by atoms with Crippen molar-refractivity contribution >= 4 is 22.5 Å². The highest BCUT2D eigenvalue weighted by molar-refractivity contribution is 7.09. The fourth-order valence-corrected chi connectivity index (χ4v) is 3.28. The van der Waals surface area contributed by atoms with E-state index >= 15 is 0 Å². The zero-order chi connectivity index (χ0) is 15.7. The summed E-state index contributed by atoms with van der Waals surface area (Å²) >= 11 is 1.38. The Morgan fingerprint density at radius 2 is 2.23 bits per heavy atom. The normalized spacial score (nSPS) is 18.7. The van der Waals surface area contributed by atoms with Gasteiger partial charge in [-0.1, -0.05) is 20.8 Å². The maximum Gasteiger partial charge on any atom is 0.202 e. The van der Waals surface area contributed by atoms with Crippen LogP contribution in [0.2, 0.25) is 0 Å². The van der Waals surface area contributed by atoms with Crippen LogP contribution in [-0.2, 0) is 5.41 Å². The summed E-state index contributed by atoms with van der Waals surface area (Å²) in [6.45, 7) is 7.80. The van der Waals surface area contributed by atoms with Crippen molar-refractivity contribution in [2.24, 2.45) is 0 Å². The van der Waals surface area contributed by atoms with E-state index in [2.05, 4.69) is 40.4 Å². The van der Waals surface area contributed by atoms with E-state index in [9.17, 15) is 4.39 Å². The Morgan fingerprint density at radius 1 is 1.41 bits per heavy atom. The minimum absolute atomic E-state index is 0.0464. The summed E-state index contributed by atoms with van der Waals surface area (Å²) in [6.07, 6.45) is 2.56. The largest absolute Gasteiger partial charge is 0.356 e. The average Bonchev–Trinajstić information content (AvgIpc) is 3.09. The van der Waals surface area contributed by atoms with Gasteiger partial charge in [-0.3, -0.25) is 0 Å². The van der Waals surface area contributed by atoms with Gasteiger partial charge < -0.3 is 10.2 Å². The SMILES string of the molecule is CC(C)(C)c1nsc(NC2CCN(c3ncccc3F)C2)n1. The molecule has 2 aromatic rings. The van der Waals surface area contributed by atoms with Crippen LogP contribution in [0, 0.1) is 5.82 Å². The Morgan fingerprint density at radius 3 is 2.91 bits per heavy atom. The van der Waals surface area contributed by atoms with Gasteiger partial charge in [0.25, 0.3) is 0 Å². The molecule has 1 fully saturated rings. The molecule has 0 saturated carbocycles. The maximum absolute atomic E-state index is 13.8. The first-order valence-electron chi connectivity index (χ1n) is 7.39. The van der Waals surface area contributed by atoms with Gasteiger partial charge >= 0.3 is 0 Å². The van der Waals surface area contributed by atoms with E-state index in [1.54, 1.807) is 12.3 Å². The monoisotopic (exact) mass is 321 g/mol. The molecule has 118 valence electrons. The smallest absolute Gasteiger partial charge is 0.202 e. The van der Waals surface area contributed by atoms with Crippen LogP contribution in [0.3, 0.4) is 0 Å². The molecule has 3 rings (SSSR count). The predicted octanol–water partition coefficient (Wildman–Crippen LogP) is 3.06. The van der Waals surface area contributed by atoms with E-state index in [1.807, 2.05) is 4.90 Å². The van der Waals surface area contributed by atoms with Gasteiger partial charge in [0, 0.05) is 42.3 Å². The third-order valence-electron chi connectivity index (χ3n) is 3.65. The van der Waals surface area contributed by atoms with Crippen molar-refractivity contribution in [1.82, 2.24) is 14.3 Å². The Balaban J connectivity index is 1.64. The lowest BCUT2D eigenvalue weighted by Crippen LogP contribution is -2.27. The van der Waals surface area contributed by atoms with Gasteiger partial charge in [-0.2, -0.15) is 4.37 Å². The van der Waals surface area contributed by atoms with E-state index in [0.717, 1.165) is 30.5 Å². The van der Waals surface area contributed by atoms with Gasteiger partial charge in [0.2, 0.25) is 5.13 Å². The molecule has 1 N–H and O–H groups in total. The van der Waals surface area contributed by atoms with E-state index in [-0.39, 0.29) is 17.3 Å². The second kappa shape index (κ2) is 5.79. The van der Waals surface area contributed by atoms with Crippen LogP contribution in [0.15, 0.2) is 18.3 Å². The van der Waals surface area contributed by atoms with Crippen molar-refractivity contribution in [1.29, 1.82) is 0 Å². The van der Waals surface area contributed by atoms with Crippen LogP contribution < -0.4 is 10.2 Å². The first-order valence-corrected chi connectivity index (χ1v) is 8.17. The first-order chi connectivity index (χ1) is 10.4. The molecule has 0 radical (unpaired) electrons. The van der Waals surface area contributed by atoms with E-state index in [1.165, 1.54) is 17.6 Å². The molecule has 0 spiro atoms. The molecule has 1 saturated heterocycles. The lowest BCUT2D eigenvalue weighted by molar-refractivity contribution is 0.555. The molecule has 1 atom stereocenters. The fourth-order valence-electron chi connectivity index (χ4n) is 2.44. The number of halogens is 1. The number of nitrogens with one attached hydrogen (secondary N) is 1. The minimum Gasteiger partial charge on any atom is -0.356 e. The summed E-state index contributed by atoms with van der Waals surface area (Å²) in [7, 11) is 0. The van der Waals surface area contributed by atoms with Crippen molar-refractivity contribution in [3.63, 3.8) is 0 Å². The van der Waals surface area contributed by atoms with Crippen LogP contribution in [0.5, 0.6) is 0 Å². The highest BCUT2D eigenvalue weighted by atomic mass is 32.1. The van der Waals surface area contributed by atoms with Crippen molar-refractivity contribution < 1.29 is 4.39 Å². The Kier molecular flexibility index (Phi) is 3.99. The molecule has 0 bridgehead atoms. The topological polar surface area (TPSA) is 53.9 Å². The van der Waals surface area contributed by atoms with E-state index < -0.39 is 0 Å². The third-order valence-corrected chi connectivity index (χ3v) is 4.30. The lowest BCUT2D eigenvalue weighted by atomic mass is 9.96. The van der Waals surface area contributed by atoms with Crippen LogP contribution >= 0.6 is 11.5 Å². The van der Waals surface area contributed by atoms with Crippen molar-refractivity contribution in [2.45, 2.75) is 38.6 Å². The van der Waals surface area contributed by atoms with Crippen LogP contribution in [-0.4, -0.2) is 33.5 Å². The van der Waals surface area contributed by atoms with Gasteiger partial charge in [0.05, 0.1) is 0 Å². The maximum atomic E-state index is 13.8. The van der Waals surface area contributed by atoms with Crippen molar-refractivity contribution in [3.05, 3.63) is 30.0 Å². The summed E-state index contributed by atoms with van der Waals surface area (Å²) in [5.41, 5.74) is -0.0464. The number of hydrogen-bond donors (Lipinski definition) is 1. The number of rotatable bonds is 3. The number of hydrogen-bond acceptors (Lipinski definition) is 6. The third kappa shape index (κ3) is 3.19. The summed E-state index contributed by atoms with van der Waals surface area (Å²) in [4.78, 5) is 10.7. The number of pyridine rings is 1. The molecule has 5 nitrogen and oxygen atoms in total. The van der Waals surface area contributed by atoms with Gasteiger partial charge in [-0.05, 0) is 18.6 Å². The van der Waals surface area contributed by atoms with Gasteiger partial charge in [0.15, 0.2) is 11.6 Å². The molecule has 2 aromatic heterocycles. The molecule has 1 aliphatic heterocycles. The second-order valence-electron chi connectivity index (χ2n) is 6.56. The molecule has 22 heavy (non-hydrogen) atoms. The number of anilines is 2. The van der Waals surface area contributed by atoms with Crippen LogP contribution in [0.1, 0.15) is 33.0 Å². The molecule has 3 heterocycles. The zero-order valence-electron chi connectivity index (χ0n) is 13.0. The minimum atomic E-state index is -0.269. The lowest BCUT2D eigenvalue weighted by Gasteiger charge is -2.18. The first kappa shape index (κ1) is 15.1. The predicted molar refractivity (Wildman–Crippen MR) is 87.0 cm³/mol. The van der Waals surface area contributed by atoms with Gasteiger partial charge in [0.1, 0.15) is 5.82 Å². The molecule has 1 unspecified atom stereocenters. The molecule has 1 aliphatic rings. The number of aromatic nitrogens is 3. The van der Waals surface area contributed by atoms with E-state index in [0.29, 0.717) is 5.82 Å². The highest BCUT2D eigenvalue weighted by Crippen LogP contribution is 2.26. The quantitative estimate of drug-likeness (QED) is 0.941. The summed E-state index contributed by atoms with van der Waals surface area (Å²) in [5.74, 6) is 1.01. The molecular formula is C15H20FN5S. The molecule has 0 aliphatic carbocycles. The summed E-state index contributed by atoms with van der Waals surface area (Å²) < 4.78 is 18.2. The summed E-state index contributed by atoms with van der Waals surface area (Å²) in [6, 6.07) is 3.30. The van der Waals surface area contributed by atoms with Gasteiger partial charge in [-0.15, -0.1) is 0 Å². The molecule has 0 amide bonds. The average molecular weight is 321 g/mol. The van der Waals surface area contributed by atoms with Crippen molar-refractivity contribution in [2.75, 3.05) is 23.3 Å². The Bertz CT molecular complexity index is 651. The van der Waals surface area contributed by atoms with Gasteiger partial charge in [-0.25, -0.2) is 14.4 Å². The Hall–Kier alpha value is -1.76.